The highest BCUT2D eigenvalue weighted by Gasteiger charge is 2.28. The van der Waals surface area contributed by atoms with Crippen molar-refractivity contribution < 1.29 is 9.18 Å². The van der Waals surface area contributed by atoms with E-state index in [0.717, 1.165) is 31.4 Å². The van der Waals surface area contributed by atoms with Crippen molar-refractivity contribution in [2.45, 2.75) is 31.8 Å². The number of benzene rings is 1. The molecule has 0 spiro atoms. The molecule has 1 saturated heterocycles. The second kappa shape index (κ2) is 6.95. The Kier molecular flexibility index (Phi) is 5.25. The van der Waals surface area contributed by atoms with Gasteiger partial charge in [-0.25, -0.2) is 4.39 Å². The fourth-order valence-corrected chi connectivity index (χ4v) is 2.97. The lowest BCUT2D eigenvalue weighted by molar-refractivity contribution is -0.127. The Morgan fingerprint density at radius 2 is 2.29 bits per heavy atom. The predicted molar refractivity (Wildman–Crippen MR) is 84.4 cm³/mol. The quantitative estimate of drug-likeness (QED) is 0.829. The van der Waals surface area contributed by atoms with Crippen LogP contribution in [0.25, 0.3) is 0 Å². The molecule has 1 amide bonds. The fourth-order valence-electron chi connectivity index (χ4n) is 2.78. The summed E-state index contributed by atoms with van der Waals surface area (Å²) in [6, 6.07) is 4.30. The molecule has 1 atom stereocenters. The number of amides is 1. The third-order valence-electron chi connectivity index (χ3n) is 3.87. The van der Waals surface area contributed by atoms with E-state index in [9.17, 15) is 9.18 Å². The number of hydrogen-bond acceptors (Lipinski definition) is 3. The monoisotopic (exact) mass is 309 g/mol. The van der Waals surface area contributed by atoms with Gasteiger partial charge in [-0.2, -0.15) is 0 Å². The highest BCUT2D eigenvalue weighted by atomic mass is 32.1. The molecular weight excluding hydrogens is 289 g/mol. The van der Waals surface area contributed by atoms with E-state index in [-0.39, 0.29) is 22.8 Å². The lowest BCUT2D eigenvalue weighted by atomic mass is 9.99. The summed E-state index contributed by atoms with van der Waals surface area (Å²) in [4.78, 5) is 14.3. The number of likely N-dealkylation sites (N-methyl/N-ethyl adjacent to an activating group) is 1. The van der Waals surface area contributed by atoms with Crippen LogP contribution in [0.4, 0.5) is 4.39 Å². The number of carbonyl (C=O) groups excluding carboxylic acids is 1. The Bertz CT molecular complexity index is 550. The summed E-state index contributed by atoms with van der Waals surface area (Å²) in [5.41, 5.74) is 7.08. The van der Waals surface area contributed by atoms with Gasteiger partial charge in [-0.1, -0.05) is 24.7 Å². The molecule has 1 unspecified atom stereocenters. The summed E-state index contributed by atoms with van der Waals surface area (Å²) < 4.78 is 13.4. The van der Waals surface area contributed by atoms with Crippen LogP contribution < -0.4 is 11.1 Å². The topological polar surface area (TPSA) is 58.4 Å². The van der Waals surface area contributed by atoms with E-state index in [1.807, 2.05) is 0 Å². The van der Waals surface area contributed by atoms with Crippen molar-refractivity contribution in [2.75, 3.05) is 13.6 Å². The van der Waals surface area contributed by atoms with E-state index >= 15 is 0 Å². The van der Waals surface area contributed by atoms with Gasteiger partial charge in [0.1, 0.15) is 10.8 Å². The number of nitrogens with one attached hydrogen (secondary N) is 1. The number of halogens is 1. The van der Waals surface area contributed by atoms with Gasteiger partial charge < -0.3 is 11.1 Å². The van der Waals surface area contributed by atoms with Crippen molar-refractivity contribution in [3.63, 3.8) is 0 Å². The average molecular weight is 309 g/mol. The van der Waals surface area contributed by atoms with Gasteiger partial charge in [0.25, 0.3) is 0 Å². The second-order valence-corrected chi connectivity index (χ2v) is 5.70. The highest BCUT2D eigenvalue weighted by Crippen LogP contribution is 2.22. The van der Waals surface area contributed by atoms with E-state index in [2.05, 4.69) is 10.2 Å². The van der Waals surface area contributed by atoms with E-state index in [1.165, 1.54) is 12.1 Å². The largest absolute Gasteiger partial charge is 0.389 e. The second-order valence-electron chi connectivity index (χ2n) is 5.26. The lowest BCUT2D eigenvalue weighted by Crippen LogP contribution is -2.48. The minimum absolute atomic E-state index is 0.0219. The maximum Gasteiger partial charge on any atom is 0.237 e. The summed E-state index contributed by atoms with van der Waals surface area (Å²) in [5, 5.41) is 2.71. The molecule has 1 aliphatic rings. The third-order valence-corrected chi connectivity index (χ3v) is 4.09. The first-order valence-corrected chi connectivity index (χ1v) is 7.47. The van der Waals surface area contributed by atoms with Gasteiger partial charge in [0.05, 0.1) is 6.04 Å². The third kappa shape index (κ3) is 3.77. The zero-order valence-corrected chi connectivity index (χ0v) is 12.9. The zero-order chi connectivity index (χ0) is 15.4. The molecule has 2 rings (SSSR count). The molecule has 1 heterocycles. The van der Waals surface area contributed by atoms with Gasteiger partial charge in [0, 0.05) is 19.2 Å². The number of hydrogen-bond donors (Lipinski definition) is 2. The van der Waals surface area contributed by atoms with Gasteiger partial charge in [-0.05, 0) is 37.1 Å². The van der Waals surface area contributed by atoms with Crippen LogP contribution in [0.3, 0.4) is 0 Å². The molecule has 1 aromatic rings. The number of thiocarbonyl (C=S) groups is 1. The van der Waals surface area contributed by atoms with Crippen LogP contribution in [0.5, 0.6) is 0 Å². The summed E-state index contributed by atoms with van der Waals surface area (Å²) in [5.74, 6) is -0.336. The van der Waals surface area contributed by atoms with Crippen molar-refractivity contribution >= 4 is 23.1 Å². The van der Waals surface area contributed by atoms with Crippen molar-refractivity contribution in [1.29, 1.82) is 0 Å². The maximum atomic E-state index is 13.4. The number of likely N-dealkylation sites (tertiary alicyclic amines) is 1. The van der Waals surface area contributed by atoms with Gasteiger partial charge in [0.2, 0.25) is 5.91 Å². The van der Waals surface area contributed by atoms with Crippen LogP contribution in [-0.4, -0.2) is 35.4 Å². The van der Waals surface area contributed by atoms with Crippen molar-refractivity contribution in [2.24, 2.45) is 5.73 Å². The van der Waals surface area contributed by atoms with Crippen LogP contribution in [0.1, 0.15) is 30.4 Å². The minimum atomic E-state index is -0.358. The Hall–Kier alpha value is -1.53. The van der Waals surface area contributed by atoms with Crippen LogP contribution in [-0.2, 0) is 11.3 Å². The first kappa shape index (κ1) is 15.9. The van der Waals surface area contributed by atoms with Crippen LogP contribution >= 0.6 is 12.2 Å². The molecule has 0 bridgehead atoms. The van der Waals surface area contributed by atoms with Crippen molar-refractivity contribution in [3.8, 4) is 0 Å². The number of nitrogens with zero attached hydrogens (tertiary/aromatic N) is 1. The minimum Gasteiger partial charge on any atom is -0.389 e. The van der Waals surface area contributed by atoms with Gasteiger partial charge >= 0.3 is 0 Å². The molecular formula is C15H20FN3OS. The molecule has 0 aliphatic carbocycles. The van der Waals surface area contributed by atoms with Crippen LogP contribution in [0.2, 0.25) is 0 Å². The molecule has 21 heavy (non-hydrogen) atoms. The number of rotatable bonds is 4. The van der Waals surface area contributed by atoms with E-state index in [0.29, 0.717) is 12.1 Å². The normalized spacial score (nSPS) is 19.2. The maximum absolute atomic E-state index is 13.4. The van der Waals surface area contributed by atoms with Crippen LogP contribution in [0.15, 0.2) is 18.2 Å². The Morgan fingerprint density at radius 1 is 1.52 bits per heavy atom. The molecule has 4 nitrogen and oxygen atoms in total. The summed E-state index contributed by atoms with van der Waals surface area (Å²) in [6.07, 6.45) is 2.93. The molecule has 0 aromatic heterocycles. The zero-order valence-electron chi connectivity index (χ0n) is 12.1. The smallest absolute Gasteiger partial charge is 0.237 e. The lowest BCUT2D eigenvalue weighted by Gasteiger charge is -2.34. The number of piperidine rings is 1. The van der Waals surface area contributed by atoms with Crippen molar-refractivity contribution in [1.82, 2.24) is 10.2 Å². The fraction of sp³-hybridized carbons (Fsp3) is 0.467. The molecule has 114 valence electrons. The molecule has 6 heteroatoms. The summed E-state index contributed by atoms with van der Waals surface area (Å²) >= 11 is 4.99. The Balaban J connectivity index is 2.23. The average Bonchev–Trinajstić information content (AvgIpc) is 2.48. The standard InChI is InChI=1S/C15H20FN3OS/c1-18-15(20)13-4-2-3-7-19(13)9-10-5-6-11(16)8-12(10)14(17)21/h5-6,8,13H,2-4,7,9H2,1H3,(H2,17,21)(H,18,20). The number of carbonyl (C=O) groups is 1. The van der Waals surface area contributed by atoms with E-state index in [4.69, 9.17) is 18.0 Å². The van der Waals surface area contributed by atoms with Gasteiger partial charge in [-0.15, -0.1) is 0 Å². The SMILES string of the molecule is CNC(=O)C1CCCCN1Cc1ccc(F)cc1C(N)=S. The molecule has 3 N–H and O–H groups in total. The Morgan fingerprint density at radius 3 is 2.95 bits per heavy atom. The predicted octanol–water partition coefficient (Wildman–Crippen LogP) is 1.56. The molecule has 0 radical (unpaired) electrons. The van der Waals surface area contributed by atoms with Gasteiger partial charge in [0.15, 0.2) is 0 Å². The molecule has 0 saturated carbocycles. The van der Waals surface area contributed by atoms with E-state index < -0.39 is 0 Å². The molecule has 1 aliphatic heterocycles. The number of nitrogens with two attached hydrogens (primary N) is 1. The van der Waals surface area contributed by atoms with Crippen molar-refractivity contribution in [3.05, 3.63) is 35.1 Å². The molecule has 1 fully saturated rings. The first-order valence-electron chi connectivity index (χ1n) is 7.07. The highest BCUT2D eigenvalue weighted by molar-refractivity contribution is 7.80. The van der Waals surface area contributed by atoms with E-state index in [1.54, 1.807) is 13.1 Å². The first-order chi connectivity index (χ1) is 10.0. The van der Waals surface area contributed by atoms with Gasteiger partial charge in [-0.3, -0.25) is 9.69 Å². The Labute approximate surface area is 129 Å². The summed E-state index contributed by atoms with van der Waals surface area (Å²) in [7, 11) is 1.65. The summed E-state index contributed by atoms with van der Waals surface area (Å²) in [6.45, 7) is 1.39. The molecule has 1 aromatic carbocycles. The van der Waals surface area contributed by atoms with Crippen LogP contribution in [0, 0.1) is 5.82 Å².